The monoisotopic (exact) mass is 347 g/mol. The first-order valence-corrected chi connectivity index (χ1v) is 9.09. The summed E-state index contributed by atoms with van der Waals surface area (Å²) in [7, 11) is 0. The molecule has 132 valence electrons. The van der Waals surface area contributed by atoms with Crippen molar-refractivity contribution in [2.24, 2.45) is 11.8 Å². The summed E-state index contributed by atoms with van der Waals surface area (Å²) in [6.07, 6.45) is 2.01. The third kappa shape index (κ3) is 2.29. The van der Waals surface area contributed by atoms with Crippen molar-refractivity contribution >= 4 is 17.5 Å². The molecule has 2 aliphatic heterocycles. The summed E-state index contributed by atoms with van der Waals surface area (Å²) in [6, 6.07) is 16.5. The van der Waals surface area contributed by atoms with Gasteiger partial charge in [-0.2, -0.15) is 0 Å². The van der Waals surface area contributed by atoms with Crippen molar-refractivity contribution in [3.05, 3.63) is 60.3 Å². The lowest BCUT2D eigenvalue weighted by Gasteiger charge is -2.29. The van der Waals surface area contributed by atoms with Gasteiger partial charge in [-0.15, -0.1) is 10.2 Å². The molecule has 0 N–H and O–H groups in total. The molecule has 2 aromatic heterocycles. The molecule has 0 aliphatic carbocycles. The predicted octanol–water partition coefficient (Wildman–Crippen LogP) is 2.39. The lowest BCUT2D eigenvalue weighted by Crippen LogP contribution is -2.34. The smallest absolute Gasteiger partial charge is 0.231 e. The van der Waals surface area contributed by atoms with Gasteiger partial charge in [0.1, 0.15) is 0 Å². The molecule has 2 aliphatic rings. The normalized spacial score (nSPS) is 25.0. The van der Waals surface area contributed by atoms with E-state index in [2.05, 4.69) is 39.4 Å². The summed E-state index contributed by atoms with van der Waals surface area (Å²) in [5.74, 6) is 1.93. The van der Waals surface area contributed by atoms with Crippen LogP contribution in [0.25, 0.3) is 5.65 Å². The number of benzene rings is 1. The first-order valence-electron chi connectivity index (χ1n) is 9.09. The zero-order valence-corrected chi connectivity index (χ0v) is 14.7. The topological polar surface area (TPSA) is 53.7 Å². The molecular formula is C20H21N5O. The molecule has 26 heavy (non-hydrogen) atoms. The van der Waals surface area contributed by atoms with Crippen LogP contribution < -0.4 is 4.90 Å². The fraction of sp³-hybridized carbons (Fsp3) is 0.350. The molecule has 3 aromatic rings. The molecule has 3 atom stereocenters. The largest absolute Gasteiger partial charge is 0.340 e. The van der Waals surface area contributed by atoms with Crippen molar-refractivity contribution in [3.8, 4) is 0 Å². The van der Waals surface area contributed by atoms with Gasteiger partial charge in [-0.05, 0) is 17.7 Å². The predicted molar refractivity (Wildman–Crippen MR) is 98.8 cm³/mol. The minimum absolute atomic E-state index is 0.142. The number of aromatic nitrogens is 3. The van der Waals surface area contributed by atoms with Gasteiger partial charge < -0.3 is 9.80 Å². The highest BCUT2D eigenvalue weighted by Gasteiger charge is 2.49. The van der Waals surface area contributed by atoms with Gasteiger partial charge in [-0.1, -0.05) is 36.4 Å². The number of fused-ring (bicyclic) bond motifs is 2. The van der Waals surface area contributed by atoms with Crippen LogP contribution in [0.4, 0.5) is 5.95 Å². The molecule has 0 bridgehead atoms. The van der Waals surface area contributed by atoms with Gasteiger partial charge >= 0.3 is 0 Å². The van der Waals surface area contributed by atoms with Crippen molar-refractivity contribution in [1.29, 1.82) is 0 Å². The van der Waals surface area contributed by atoms with Gasteiger partial charge in [0.05, 0.1) is 6.04 Å². The van der Waals surface area contributed by atoms with Crippen LogP contribution in [0, 0.1) is 11.8 Å². The van der Waals surface area contributed by atoms with Crippen LogP contribution in [0.15, 0.2) is 54.7 Å². The highest BCUT2D eigenvalue weighted by molar-refractivity contribution is 5.74. The number of hydrogen-bond donors (Lipinski definition) is 0. The van der Waals surface area contributed by atoms with E-state index in [1.807, 2.05) is 39.8 Å². The Kier molecular flexibility index (Phi) is 3.45. The molecule has 5 rings (SSSR count). The summed E-state index contributed by atoms with van der Waals surface area (Å²) in [5.41, 5.74) is 2.09. The Labute approximate surface area is 152 Å². The van der Waals surface area contributed by atoms with Gasteiger partial charge in [-0.25, -0.2) is 0 Å². The second-order valence-corrected chi connectivity index (χ2v) is 7.28. The average Bonchev–Trinajstić information content (AvgIpc) is 3.33. The number of hydrogen-bond acceptors (Lipinski definition) is 4. The van der Waals surface area contributed by atoms with E-state index in [0.717, 1.165) is 31.2 Å². The molecule has 0 radical (unpaired) electrons. The van der Waals surface area contributed by atoms with Crippen LogP contribution >= 0.6 is 0 Å². The van der Waals surface area contributed by atoms with Crippen molar-refractivity contribution in [1.82, 2.24) is 19.5 Å². The van der Waals surface area contributed by atoms with Gasteiger partial charge in [0.15, 0.2) is 5.65 Å². The highest BCUT2D eigenvalue weighted by atomic mass is 16.2. The number of amides is 1. The van der Waals surface area contributed by atoms with Crippen LogP contribution in [-0.2, 0) is 4.79 Å². The Hall–Kier alpha value is -2.89. The Morgan fingerprint density at radius 2 is 1.81 bits per heavy atom. The van der Waals surface area contributed by atoms with Crippen LogP contribution in [0.2, 0.25) is 0 Å². The zero-order chi connectivity index (χ0) is 17.7. The Morgan fingerprint density at radius 3 is 2.62 bits per heavy atom. The minimum Gasteiger partial charge on any atom is -0.340 e. The maximum atomic E-state index is 12.2. The summed E-state index contributed by atoms with van der Waals surface area (Å²) in [6.45, 7) is 4.30. The maximum absolute atomic E-state index is 12.2. The fourth-order valence-electron chi connectivity index (χ4n) is 4.65. The Bertz CT molecular complexity index is 953. The quantitative estimate of drug-likeness (QED) is 0.714. The van der Waals surface area contributed by atoms with Crippen LogP contribution in [0.5, 0.6) is 0 Å². The lowest BCUT2D eigenvalue weighted by atomic mass is 9.89. The molecule has 1 amide bonds. The molecule has 4 heterocycles. The second-order valence-electron chi connectivity index (χ2n) is 7.28. The minimum atomic E-state index is 0.142. The maximum Gasteiger partial charge on any atom is 0.231 e. The fourth-order valence-corrected chi connectivity index (χ4v) is 4.65. The van der Waals surface area contributed by atoms with Crippen LogP contribution in [0.3, 0.4) is 0 Å². The molecule has 6 heteroatoms. The van der Waals surface area contributed by atoms with E-state index in [9.17, 15) is 4.79 Å². The second kappa shape index (κ2) is 5.83. The molecule has 0 saturated carbocycles. The number of anilines is 1. The van der Waals surface area contributed by atoms with E-state index in [1.165, 1.54) is 5.56 Å². The van der Waals surface area contributed by atoms with Crippen molar-refractivity contribution < 1.29 is 4.79 Å². The Balaban J connectivity index is 1.48. The lowest BCUT2D eigenvalue weighted by molar-refractivity contribution is -0.130. The molecule has 2 fully saturated rings. The third-order valence-corrected chi connectivity index (χ3v) is 5.79. The first kappa shape index (κ1) is 15.4. The van der Waals surface area contributed by atoms with Gasteiger partial charge in [0.2, 0.25) is 11.9 Å². The van der Waals surface area contributed by atoms with Gasteiger partial charge in [0, 0.05) is 44.6 Å². The highest BCUT2D eigenvalue weighted by Crippen LogP contribution is 2.45. The third-order valence-electron chi connectivity index (χ3n) is 5.79. The van der Waals surface area contributed by atoms with Crippen molar-refractivity contribution in [2.75, 3.05) is 24.5 Å². The van der Waals surface area contributed by atoms with Crippen molar-refractivity contribution in [2.45, 2.75) is 13.0 Å². The summed E-state index contributed by atoms with van der Waals surface area (Å²) >= 11 is 0. The van der Waals surface area contributed by atoms with E-state index in [1.54, 1.807) is 6.92 Å². The molecule has 0 spiro atoms. The number of nitrogens with zero attached hydrogens (tertiary/aromatic N) is 5. The molecular weight excluding hydrogens is 326 g/mol. The summed E-state index contributed by atoms with van der Waals surface area (Å²) in [4.78, 5) is 16.6. The van der Waals surface area contributed by atoms with E-state index < -0.39 is 0 Å². The average molecular weight is 347 g/mol. The van der Waals surface area contributed by atoms with Crippen LogP contribution in [0.1, 0.15) is 18.5 Å². The number of rotatable bonds is 2. The summed E-state index contributed by atoms with van der Waals surface area (Å²) < 4.78 is 2.04. The van der Waals surface area contributed by atoms with Gasteiger partial charge in [0.25, 0.3) is 0 Å². The molecule has 1 aromatic carbocycles. The van der Waals surface area contributed by atoms with E-state index in [4.69, 9.17) is 0 Å². The first-order chi connectivity index (χ1) is 12.7. The zero-order valence-electron chi connectivity index (χ0n) is 14.7. The molecule has 2 saturated heterocycles. The van der Waals surface area contributed by atoms with E-state index in [0.29, 0.717) is 11.8 Å². The van der Waals surface area contributed by atoms with Crippen molar-refractivity contribution in [3.63, 3.8) is 0 Å². The van der Waals surface area contributed by atoms with Gasteiger partial charge in [-0.3, -0.25) is 9.20 Å². The van der Waals surface area contributed by atoms with E-state index >= 15 is 0 Å². The number of pyridine rings is 1. The number of carbonyl (C=O) groups is 1. The Morgan fingerprint density at radius 1 is 1.00 bits per heavy atom. The van der Waals surface area contributed by atoms with E-state index in [-0.39, 0.29) is 11.9 Å². The molecule has 0 unspecified atom stereocenters. The SMILES string of the molecule is CC(=O)N1C[C@H]2CN(c3nnc4ccccn34)C[C@H]2[C@H]1c1ccccc1. The number of carbonyl (C=O) groups excluding carboxylic acids is 1. The molecule has 6 nitrogen and oxygen atoms in total. The standard InChI is InChI=1S/C20H21N5O/c1-14(26)25-12-16-11-23(20-22-21-18-9-5-6-10-24(18)20)13-17(16)19(25)15-7-3-2-4-8-15/h2-10,16-17,19H,11-13H2,1H3/t16-,17-,19-/m1/s1. The van der Waals surface area contributed by atoms with Crippen LogP contribution in [-0.4, -0.2) is 45.0 Å². The number of likely N-dealkylation sites (tertiary alicyclic amines) is 1. The summed E-state index contributed by atoms with van der Waals surface area (Å²) in [5, 5.41) is 8.70.